The molecule has 0 bridgehead atoms. The largest absolute Gasteiger partial charge is 0.493 e. The van der Waals surface area contributed by atoms with Gasteiger partial charge in [-0.1, -0.05) is 182 Å². The first-order valence-electron chi connectivity index (χ1n) is 26.7. The minimum Gasteiger partial charge on any atom is -0.493 e. The van der Waals surface area contributed by atoms with E-state index < -0.39 is 16.5 Å². The van der Waals surface area contributed by atoms with Crippen molar-refractivity contribution in [2.45, 2.75) is 19.3 Å². The Bertz CT molecular complexity index is 4280. The summed E-state index contributed by atoms with van der Waals surface area (Å²) in [7, 11) is -4.51. The average molecular weight is 1070 g/mol. The lowest BCUT2D eigenvalue weighted by Gasteiger charge is -2.23. The molecule has 14 aromatic rings. The molecule has 0 spiro atoms. The van der Waals surface area contributed by atoms with Crippen molar-refractivity contribution < 1.29 is 35.3 Å². The molecule has 1 aliphatic heterocycles. The maximum atomic E-state index is 7.57. The number of fused-ring (bicyclic) bond motifs is 17. The molecule has 0 saturated heterocycles. The SMILES string of the molecule is c1ccc(-c2ccc3c(c2Op2oc4ccc5ccccc5c4c4c(ccc5ccccc54)o2)-c2c(ccc(-c4ccccc4)c2Op2oc4ccc5ccccc5c4c4c(ccc5ccccc54)o2)OCCCCCO3)cc1. The van der Waals surface area contributed by atoms with Crippen LogP contribution in [0.2, 0.25) is 0 Å². The van der Waals surface area contributed by atoms with E-state index in [2.05, 4.69) is 158 Å². The molecule has 0 amide bonds. The van der Waals surface area contributed by atoms with Gasteiger partial charge in [0, 0.05) is 32.7 Å². The fourth-order valence-electron chi connectivity index (χ4n) is 11.4. The van der Waals surface area contributed by atoms with Gasteiger partial charge in [-0.2, -0.15) is 0 Å². The Labute approximate surface area is 455 Å². The third kappa shape index (κ3) is 8.40. The van der Waals surface area contributed by atoms with E-state index in [0.29, 0.717) is 69.7 Å². The molecule has 0 atom stereocenters. The van der Waals surface area contributed by atoms with Crippen LogP contribution in [0.25, 0.3) is 120 Å². The Morgan fingerprint density at radius 3 is 0.949 bits per heavy atom. The van der Waals surface area contributed by atoms with Crippen molar-refractivity contribution in [1.82, 2.24) is 0 Å². The lowest BCUT2D eigenvalue weighted by Crippen LogP contribution is -2.02. The molecule has 0 unspecified atom stereocenters. The van der Waals surface area contributed by atoms with Gasteiger partial charge in [0.15, 0.2) is 11.5 Å². The van der Waals surface area contributed by atoms with Crippen LogP contribution < -0.4 is 18.5 Å². The second-order valence-corrected chi connectivity index (χ2v) is 21.7. The van der Waals surface area contributed by atoms with Gasteiger partial charge >= 0.3 is 16.5 Å². The minimum absolute atomic E-state index is 0.456. The fraction of sp³-hybridized carbons (Fsp3) is 0.0725. The van der Waals surface area contributed by atoms with Crippen molar-refractivity contribution >= 4 is 103 Å². The first-order valence-corrected chi connectivity index (χ1v) is 28.8. The predicted octanol–water partition coefficient (Wildman–Crippen LogP) is 21.1. The Hall–Kier alpha value is -9.32. The summed E-state index contributed by atoms with van der Waals surface area (Å²) in [6.45, 7) is 0.913. The summed E-state index contributed by atoms with van der Waals surface area (Å²) in [5.74, 6) is 2.07. The van der Waals surface area contributed by atoms with Crippen LogP contribution in [0.1, 0.15) is 19.3 Å². The highest BCUT2D eigenvalue weighted by Gasteiger charge is 2.31. The van der Waals surface area contributed by atoms with E-state index in [1.807, 2.05) is 72.8 Å². The lowest BCUT2D eigenvalue weighted by molar-refractivity contribution is 0.284. The van der Waals surface area contributed by atoms with Gasteiger partial charge in [-0.25, -0.2) is 0 Å². The molecule has 382 valence electrons. The standard InChI is InChI=1S/C69H48O8P2/c1-4-18-44(19-5-1)54-34-40-56-66(68(54)76-78-72-58-36-30-46-22-8-12-26-50(46)62(58)63-51-27-13-9-23-47(51)31-37-59(63)73-78)67-57(71-43-17-3-16-42-70-56)41-35-55(45-20-6-2-7-21-45)69(67)77-79-74-60-38-32-48-24-10-14-28-52(48)64(60)65-53-29-15-11-25-49(53)33-39-61(65)75-79/h1-2,4-15,18-41H,3,16-17,42-43H2. The molecule has 0 saturated carbocycles. The summed E-state index contributed by atoms with van der Waals surface area (Å²) in [5, 5.41) is 12.3. The van der Waals surface area contributed by atoms with Gasteiger partial charge < -0.3 is 35.3 Å². The van der Waals surface area contributed by atoms with Gasteiger partial charge in [0.25, 0.3) is 0 Å². The molecular formula is C69H48O8P2. The number of benzene rings is 12. The Morgan fingerprint density at radius 1 is 0.291 bits per heavy atom. The van der Waals surface area contributed by atoms with Crippen molar-refractivity contribution in [3.63, 3.8) is 0 Å². The van der Waals surface area contributed by atoms with Crippen LogP contribution in [0.15, 0.2) is 247 Å². The predicted molar refractivity (Wildman–Crippen MR) is 322 cm³/mol. The van der Waals surface area contributed by atoms with E-state index in [0.717, 1.165) is 106 Å². The first-order chi connectivity index (χ1) is 39.2. The molecule has 12 aromatic carbocycles. The monoisotopic (exact) mass is 1070 g/mol. The van der Waals surface area contributed by atoms with Crippen LogP contribution in [0.4, 0.5) is 0 Å². The van der Waals surface area contributed by atoms with Crippen molar-refractivity contribution in [3.05, 3.63) is 231 Å². The third-order valence-corrected chi connectivity index (χ3v) is 17.1. The van der Waals surface area contributed by atoms with Crippen LogP contribution in [-0.2, 0) is 0 Å². The molecule has 0 aliphatic carbocycles. The maximum Gasteiger partial charge on any atom is 0.453 e. The van der Waals surface area contributed by atoms with E-state index >= 15 is 0 Å². The van der Waals surface area contributed by atoms with Crippen molar-refractivity contribution in [3.8, 4) is 56.4 Å². The summed E-state index contributed by atoms with van der Waals surface area (Å²) in [5.41, 5.74) is 7.17. The number of hydrogen-bond donors (Lipinski definition) is 0. The molecule has 8 nitrogen and oxygen atoms in total. The third-order valence-electron chi connectivity index (χ3n) is 15.0. The number of hydrogen-bond acceptors (Lipinski definition) is 8. The van der Waals surface area contributed by atoms with Crippen LogP contribution in [0, 0.1) is 0 Å². The summed E-state index contributed by atoms with van der Waals surface area (Å²) in [4.78, 5) is 0. The molecular weight excluding hydrogens is 1020 g/mol. The van der Waals surface area contributed by atoms with E-state index in [-0.39, 0.29) is 0 Å². The topological polar surface area (TPSA) is 89.5 Å². The van der Waals surface area contributed by atoms with Gasteiger partial charge in [-0.05, 0) is 122 Å². The highest BCUT2D eigenvalue weighted by atomic mass is 31.1. The first kappa shape index (κ1) is 46.9. The zero-order chi connectivity index (χ0) is 52.2. The van der Waals surface area contributed by atoms with Gasteiger partial charge in [0.05, 0.1) is 24.3 Å². The van der Waals surface area contributed by atoms with Crippen molar-refractivity contribution in [1.29, 1.82) is 0 Å². The highest BCUT2D eigenvalue weighted by Crippen LogP contribution is 2.58. The van der Waals surface area contributed by atoms with E-state index in [4.69, 9.17) is 35.3 Å². The number of rotatable bonds is 6. The van der Waals surface area contributed by atoms with E-state index in [1.54, 1.807) is 0 Å². The maximum absolute atomic E-state index is 7.57. The molecule has 10 heteroatoms. The normalized spacial score (nSPS) is 12.8. The Kier molecular flexibility index (Phi) is 11.8. The lowest BCUT2D eigenvalue weighted by atomic mass is 9.92. The van der Waals surface area contributed by atoms with Gasteiger partial charge in [-0.3, -0.25) is 0 Å². The fourth-order valence-corrected chi connectivity index (χ4v) is 13.5. The Morgan fingerprint density at radius 2 is 0.608 bits per heavy atom. The minimum atomic E-state index is -2.25. The van der Waals surface area contributed by atoms with Crippen LogP contribution in [0.3, 0.4) is 0 Å². The molecule has 0 fully saturated rings. The quantitative estimate of drug-likeness (QED) is 0.163. The highest BCUT2D eigenvalue weighted by molar-refractivity contribution is 7.32. The molecule has 0 N–H and O–H groups in total. The van der Waals surface area contributed by atoms with Crippen LogP contribution >= 0.6 is 16.5 Å². The van der Waals surface area contributed by atoms with E-state index in [9.17, 15) is 0 Å². The molecule has 2 aromatic heterocycles. The van der Waals surface area contributed by atoms with Crippen LogP contribution in [-0.4, -0.2) is 13.2 Å². The summed E-state index contributed by atoms with van der Waals surface area (Å²) >= 11 is 0. The molecule has 1 aliphatic rings. The van der Waals surface area contributed by atoms with Gasteiger partial charge in [0.2, 0.25) is 0 Å². The van der Waals surface area contributed by atoms with Crippen molar-refractivity contribution in [2.24, 2.45) is 0 Å². The summed E-state index contributed by atoms with van der Waals surface area (Å²) in [6, 6.07) is 78.8. The Balaban J connectivity index is 1.04. The smallest absolute Gasteiger partial charge is 0.453 e. The molecule has 15 rings (SSSR count). The average Bonchev–Trinajstić information content (AvgIpc) is 3.84. The zero-order valence-corrected chi connectivity index (χ0v) is 44.4. The van der Waals surface area contributed by atoms with Gasteiger partial charge in [0.1, 0.15) is 33.8 Å². The van der Waals surface area contributed by atoms with Crippen molar-refractivity contribution in [2.75, 3.05) is 13.2 Å². The zero-order valence-electron chi connectivity index (χ0n) is 42.6. The summed E-state index contributed by atoms with van der Waals surface area (Å²) in [6.07, 6.45) is 2.54. The second-order valence-electron chi connectivity index (χ2n) is 19.8. The van der Waals surface area contributed by atoms with Crippen LogP contribution in [0.5, 0.6) is 23.0 Å². The molecule has 3 heterocycles. The summed E-state index contributed by atoms with van der Waals surface area (Å²) < 4.78 is 57.8. The molecule has 0 radical (unpaired) electrons. The molecule has 79 heavy (non-hydrogen) atoms. The van der Waals surface area contributed by atoms with Gasteiger partial charge in [-0.15, -0.1) is 0 Å². The number of ether oxygens (including phenoxy) is 2. The van der Waals surface area contributed by atoms with E-state index in [1.165, 1.54) is 0 Å². The second kappa shape index (κ2) is 19.9.